The molecule has 0 radical (unpaired) electrons. The lowest BCUT2D eigenvalue weighted by atomic mass is 9.95. The highest BCUT2D eigenvalue weighted by Gasteiger charge is 2.18. The van der Waals surface area contributed by atoms with Crippen molar-refractivity contribution in [1.82, 2.24) is 9.97 Å². The summed E-state index contributed by atoms with van der Waals surface area (Å²) in [5.41, 5.74) is 3.95. The number of carbonyl (C=O) groups is 2. The molecule has 0 unspecified atom stereocenters. The van der Waals surface area contributed by atoms with Gasteiger partial charge in [0.15, 0.2) is 12.4 Å². The normalized spacial score (nSPS) is 13.2. The summed E-state index contributed by atoms with van der Waals surface area (Å²) in [6.07, 6.45) is 5.73. The minimum Gasteiger partial charge on any atom is -0.452 e. The van der Waals surface area contributed by atoms with Crippen molar-refractivity contribution in [1.29, 1.82) is 0 Å². The van der Waals surface area contributed by atoms with Crippen LogP contribution in [0.2, 0.25) is 10.0 Å². The molecule has 1 aliphatic carbocycles. The highest BCUT2D eigenvalue weighted by Crippen LogP contribution is 2.30. The van der Waals surface area contributed by atoms with E-state index in [2.05, 4.69) is 15.3 Å². The van der Waals surface area contributed by atoms with Gasteiger partial charge in [0.1, 0.15) is 0 Å². The molecule has 0 aliphatic heterocycles. The second kappa shape index (κ2) is 7.81. The van der Waals surface area contributed by atoms with Crippen LogP contribution < -0.4 is 5.32 Å². The van der Waals surface area contributed by atoms with Crippen molar-refractivity contribution in [2.45, 2.75) is 25.7 Å². The number of aryl methyl sites for hydroxylation is 2. The van der Waals surface area contributed by atoms with Crippen molar-refractivity contribution >= 4 is 51.8 Å². The van der Waals surface area contributed by atoms with Crippen molar-refractivity contribution in [3.05, 3.63) is 57.3 Å². The predicted molar refractivity (Wildman–Crippen MR) is 108 cm³/mol. The van der Waals surface area contributed by atoms with Gasteiger partial charge in [-0.25, -0.2) is 9.78 Å². The molecule has 144 valence electrons. The molecule has 0 fully saturated rings. The lowest BCUT2D eigenvalue weighted by molar-refractivity contribution is -0.119. The van der Waals surface area contributed by atoms with Crippen LogP contribution in [-0.4, -0.2) is 28.5 Å². The van der Waals surface area contributed by atoms with Crippen LogP contribution >= 0.6 is 23.2 Å². The van der Waals surface area contributed by atoms with Gasteiger partial charge in [0.25, 0.3) is 5.91 Å². The van der Waals surface area contributed by atoms with E-state index < -0.39 is 18.5 Å². The van der Waals surface area contributed by atoms with Gasteiger partial charge in [-0.05, 0) is 55.5 Å². The molecule has 1 amide bonds. The molecule has 0 spiro atoms. The number of aromatic amines is 1. The first kappa shape index (κ1) is 18.8. The summed E-state index contributed by atoms with van der Waals surface area (Å²) < 4.78 is 5.14. The third-order valence-corrected chi connectivity index (χ3v) is 5.23. The fourth-order valence-electron chi connectivity index (χ4n) is 3.42. The lowest BCUT2D eigenvalue weighted by Crippen LogP contribution is -2.21. The molecule has 2 heterocycles. The molecule has 6 nitrogen and oxygen atoms in total. The predicted octanol–water partition coefficient (Wildman–Crippen LogP) is 4.54. The van der Waals surface area contributed by atoms with E-state index >= 15 is 0 Å². The zero-order valence-corrected chi connectivity index (χ0v) is 16.4. The Kier molecular flexibility index (Phi) is 5.24. The first-order chi connectivity index (χ1) is 13.5. The highest BCUT2D eigenvalue weighted by atomic mass is 35.5. The molecule has 1 aliphatic rings. The minimum absolute atomic E-state index is 0.160. The monoisotopic (exact) mass is 417 g/mol. The third-order valence-electron chi connectivity index (χ3n) is 4.73. The number of esters is 1. The summed E-state index contributed by atoms with van der Waals surface area (Å²) in [4.78, 5) is 31.8. The number of ether oxygens (including phenoxy) is 1. The SMILES string of the molecule is O=C(COC(=O)c1ccc2[nH]c3c(c2c1)CCCC3)Nc1ncc(Cl)cc1Cl. The molecule has 28 heavy (non-hydrogen) atoms. The van der Waals surface area contributed by atoms with Crippen LogP contribution in [0.5, 0.6) is 0 Å². The van der Waals surface area contributed by atoms with E-state index in [1.165, 1.54) is 29.9 Å². The van der Waals surface area contributed by atoms with Crippen LogP contribution in [0.15, 0.2) is 30.5 Å². The number of H-pyrrole nitrogens is 1. The molecule has 4 rings (SSSR count). The van der Waals surface area contributed by atoms with E-state index in [0.717, 1.165) is 30.2 Å². The Morgan fingerprint density at radius 1 is 1.18 bits per heavy atom. The van der Waals surface area contributed by atoms with Gasteiger partial charge in [0, 0.05) is 22.8 Å². The fraction of sp³-hybridized carbons (Fsp3) is 0.250. The van der Waals surface area contributed by atoms with Crippen LogP contribution in [0.25, 0.3) is 10.9 Å². The van der Waals surface area contributed by atoms with Gasteiger partial charge in [0.2, 0.25) is 0 Å². The van der Waals surface area contributed by atoms with E-state index in [4.69, 9.17) is 27.9 Å². The molecule has 8 heteroatoms. The number of hydrogen-bond acceptors (Lipinski definition) is 4. The molecule has 0 atom stereocenters. The average molecular weight is 418 g/mol. The second-order valence-electron chi connectivity index (χ2n) is 6.66. The number of aromatic nitrogens is 2. The molecule has 3 aromatic rings. The topological polar surface area (TPSA) is 84.1 Å². The number of halogens is 2. The van der Waals surface area contributed by atoms with Gasteiger partial charge in [-0.15, -0.1) is 0 Å². The number of fused-ring (bicyclic) bond motifs is 3. The fourth-order valence-corrected chi connectivity index (χ4v) is 3.85. The molecular formula is C20H17Cl2N3O3. The highest BCUT2D eigenvalue weighted by molar-refractivity contribution is 6.36. The van der Waals surface area contributed by atoms with Crippen molar-refractivity contribution in [2.75, 3.05) is 11.9 Å². The largest absolute Gasteiger partial charge is 0.452 e. The van der Waals surface area contributed by atoms with E-state index in [-0.39, 0.29) is 10.8 Å². The molecule has 0 bridgehead atoms. The van der Waals surface area contributed by atoms with E-state index in [9.17, 15) is 9.59 Å². The standard InChI is InChI=1S/C20H17Cl2N3O3/c21-12-8-15(22)19(23-9-12)25-18(26)10-28-20(27)11-5-6-17-14(7-11)13-3-1-2-4-16(13)24-17/h5-9,24H,1-4,10H2,(H,23,25,26). The first-order valence-corrected chi connectivity index (χ1v) is 9.68. The molecule has 2 aromatic heterocycles. The van der Waals surface area contributed by atoms with Crippen LogP contribution in [-0.2, 0) is 22.4 Å². The number of nitrogens with zero attached hydrogens (tertiary/aromatic N) is 1. The number of carbonyl (C=O) groups excluding carboxylic acids is 2. The quantitative estimate of drug-likeness (QED) is 0.610. The van der Waals surface area contributed by atoms with Crippen LogP contribution in [0, 0.1) is 0 Å². The first-order valence-electron chi connectivity index (χ1n) is 8.93. The zero-order valence-electron chi connectivity index (χ0n) is 14.9. The number of anilines is 1. The Labute approximate surface area is 171 Å². The summed E-state index contributed by atoms with van der Waals surface area (Å²) in [6, 6.07) is 6.86. The smallest absolute Gasteiger partial charge is 0.338 e. The zero-order chi connectivity index (χ0) is 19.7. The van der Waals surface area contributed by atoms with Gasteiger partial charge in [0.05, 0.1) is 15.6 Å². The Balaban J connectivity index is 1.42. The van der Waals surface area contributed by atoms with Crippen molar-refractivity contribution < 1.29 is 14.3 Å². The number of nitrogens with one attached hydrogen (secondary N) is 2. The van der Waals surface area contributed by atoms with Gasteiger partial charge in [-0.3, -0.25) is 4.79 Å². The van der Waals surface area contributed by atoms with E-state index in [1.807, 2.05) is 12.1 Å². The second-order valence-corrected chi connectivity index (χ2v) is 7.50. The summed E-state index contributed by atoms with van der Waals surface area (Å²) in [6.45, 7) is -0.442. The third kappa shape index (κ3) is 3.84. The lowest BCUT2D eigenvalue weighted by Gasteiger charge is -2.10. The van der Waals surface area contributed by atoms with Gasteiger partial charge in [-0.2, -0.15) is 0 Å². The Bertz CT molecular complexity index is 1080. The molecule has 2 N–H and O–H groups in total. The van der Waals surface area contributed by atoms with Crippen molar-refractivity contribution in [2.24, 2.45) is 0 Å². The number of pyridine rings is 1. The van der Waals surface area contributed by atoms with Gasteiger partial charge < -0.3 is 15.0 Å². The van der Waals surface area contributed by atoms with Crippen molar-refractivity contribution in [3.8, 4) is 0 Å². The molecular weight excluding hydrogens is 401 g/mol. The molecule has 1 aromatic carbocycles. The Morgan fingerprint density at radius 3 is 2.82 bits per heavy atom. The maximum atomic E-state index is 12.4. The Hall–Kier alpha value is -2.57. The summed E-state index contributed by atoms with van der Waals surface area (Å²) >= 11 is 11.7. The summed E-state index contributed by atoms with van der Waals surface area (Å²) in [7, 11) is 0. The molecule has 0 saturated carbocycles. The molecule has 0 saturated heterocycles. The summed E-state index contributed by atoms with van der Waals surface area (Å²) in [5.74, 6) is -0.935. The van der Waals surface area contributed by atoms with Crippen LogP contribution in [0.3, 0.4) is 0 Å². The summed E-state index contributed by atoms with van der Waals surface area (Å²) in [5, 5.41) is 4.10. The number of amides is 1. The average Bonchev–Trinajstić information content (AvgIpc) is 3.06. The van der Waals surface area contributed by atoms with Crippen LogP contribution in [0.4, 0.5) is 5.82 Å². The number of hydrogen-bond donors (Lipinski definition) is 2. The number of benzene rings is 1. The maximum Gasteiger partial charge on any atom is 0.338 e. The number of rotatable bonds is 4. The van der Waals surface area contributed by atoms with Gasteiger partial charge >= 0.3 is 5.97 Å². The van der Waals surface area contributed by atoms with Crippen molar-refractivity contribution in [3.63, 3.8) is 0 Å². The minimum atomic E-state index is -0.557. The van der Waals surface area contributed by atoms with E-state index in [1.54, 1.807) is 6.07 Å². The van der Waals surface area contributed by atoms with E-state index in [0.29, 0.717) is 10.6 Å². The maximum absolute atomic E-state index is 12.4. The van der Waals surface area contributed by atoms with Gasteiger partial charge in [-0.1, -0.05) is 23.2 Å². The van der Waals surface area contributed by atoms with Crippen LogP contribution in [0.1, 0.15) is 34.5 Å². The Morgan fingerprint density at radius 2 is 2.00 bits per heavy atom.